The van der Waals surface area contributed by atoms with E-state index < -0.39 is 0 Å². The predicted molar refractivity (Wildman–Crippen MR) is 98.5 cm³/mol. The first kappa shape index (κ1) is 20.1. The van der Waals surface area contributed by atoms with Crippen LogP contribution in [0.1, 0.15) is 47.0 Å². The number of ether oxygens (including phenoxy) is 1. The lowest BCUT2D eigenvalue weighted by molar-refractivity contribution is -0.135. The Morgan fingerprint density at radius 2 is 2.08 bits per heavy atom. The Morgan fingerprint density at radius 3 is 2.42 bits per heavy atom. The zero-order chi connectivity index (χ0) is 18.3. The molecule has 0 aromatic rings. The van der Waals surface area contributed by atoms with Crippen molar-refractivity contribution in [2.45, 2.75) is 47.0 Å². The number of rotatable bonds is 6. The molecule has 0 fully saturated rings. The molecule has 3 nitrogen and oxygen atoms in total. The van der Waals surface area contributed by atoms with Crippen molar-refractivity contribution >= 4 is 11.8 Å². The lowest BCUT2D eigenvalue weighted by Crippen LogP contribution is -2.23. The minimum Gasteiger partial charge on any atom is -0.458 e. The van der Waals surface area contributed by atoms with Gasteiger partial charge in [-0.25, -0.2) is 4.79 Å². The Kier molecular flexibility index (Phi) is 7.90. The average molecular weight is 330 g/mol. The van der Waals surface area contributed by atoms with Crippen LogP contribution in [0.25, 0.3) is 0 Å². The van der Waals surface area contributed by atoms with Gasteiger partial charge >= 0.3 is 5.97 Å². The number of esters is 1. The van der Waals surface area contributed by atoms with Crippen molar-refractivity contribution in [1.82, 2.24) is 0 Å². The van der Waals surface area contributed by atoms with Gasteiger partial charge in [-0.15, -0.1) is 0 Å². The third-order valence-corrected chi connectivity index (χ3v) is 5.02. The van der Waals surface area contributed by atoms with E-state index in [1.165, 1.54) is 11.1 Å². The second kappa shape index (κ2) is 9.41. The van der Waals surface area contributed by atoms with Crippen LogP contribution in [0.3, 0.4) is 0 Å². The van der Waals surface area contributed by atoms with Gasteiger partial charge in [0.05, 0.1) is 0 Å². The summed E-state index contributed by atoms with van der Waals surface area (Å²) in [7, 11) is 0. The van der Waals surface area contributed by atoms with Crippen LogP contribution >= 0.6 is 0 Å². The van der Waals surface area contributed by atoms with Crippen molar-refractivity contribution in [3.63, 3.8) is 0 Å². The van der Waals surface area contributed by atoms with E-state index >= 15 is 0 Å². The molecule has 1 unspecified atom stereocenters. The summed E-state index contributed by atoms with van der Waals surface area (Å²) in [6, 6.07) is 0. The summed E-state index contributed by atoms with van der Waals surface area (Å²) in [5.41, 5.74) is 3.33. The Balaban J connectivity index is 0.000000341. The van der Waals surface area contributed by atoms with Crippen LogP contribution in [-0.2, 0) is 14.3 Å². The first-order valence-corrected chi connectivity index (χ1v) is 8.69. The van der Waals surface area contributed by atoms with Gasteiger partial charge in [0.25, 0.3) is 0 Å². The molecule has 3 atom stereocenters. The van der Waals surface area contributed by atoms with E-state index in [1.807, 2.05) is 12.2 Å². The third kappa shape index (κ3) is 4.80. The Morgan fingerprint density at radius 1 is 1.42 bits per heavy atom. The molecule has 1 aliphatic carbocycles. The highest BCUT2D eigenvalue weighted by molar-refractivity contribution is 5.89. The zero-order valence-corrected chi connectivity index (χ0v) is 15.4. The molecule has 0 spiro atoms. The topological polar surface area (TPSA) is 43.4 Å². The van der Waals surface area contributed by atoms with Crippen molar-refractivity contribution < 1.29 is 14.3 Å². The van der Waals surface area contributed by atoms with Gasteiger partial charge in [-0.1, -0.05) is 45.6 Å². The molecule has 0 saturated carbocycles. The minimum absolute atomic E-state index is 0.138. The van der Waals surface area contributed by atoms with Gasteiger partial charge < -0.3 is 4.74 Å². The first-order chi connectivity index (χ1) is 11.4. The molecule has 0 aromatic heterocycles. The quantitative estimate of drug-likeness (QED) is 0.657. The van der Waals surface area contributed by atoms with Gasteiger partial charge in [-0.3, -0.25) is 4.79 Å². The summed E-state index contributed by atoms with van der Waals surface area (Å²) < 4.78 is 4.53. The maximum Gasteiger partial charge on any atom is 0.333 e. The molecule has 3 heteroatoms. The van der Waals surface area contributed by atoms with Gasteiger partial charge in [0, 0.05) is 11.5 Å². The van der Waals surface area contributed by atoms with Crippen molar-refractivity contribution in [2.24, 2.45) is 17.8 Å². The summed E-state index contributed by atoms with van der Waals surface area (Å²) in [5.74, 6) is 1.18. The second-order valence-corrected chi connectivity index (χ2v) is 6.54. The number of Topliss-reactive ketones (excluding diaryl/α,β-unsaturated/α-hetero) is 1. The van der Waals surface area contributed by atoms with Crippen LogP contribution in [0.5, 0.6) is 0 Å². The molecule has 1 heterocycles. The molecule has 0 amide bonds. The van der Waals surface area contributed by atoms with E-state index in [9.17, 15) is 9.59 Å². The fourth-order valence-corrected chi connectivity index (χ4v) is 3.41. The highest BCUT2D eigenvalue weighted by Crippen LogP contribution is 2.44. The van der Waals surface area contributed by atoms with Crippen molar-refractivity contribution in [1.29, 1.82) is 0 Å². The SMILES string of the molecule is C=CC1=C(C=C)[C@@H](CCC)C([C@@H](C)C(C)=O)C1.CC1=CCOC1=O. The number of hydrogen-bond acceptors (Lipinski definition) is 3. The Hall–Kier alpha value is -1.90. The normalized spacial score (nSPS) is 23.8. The fourth-order valence-electron chi connectivity index (χ4n) is 3.41. The first-order valence-electron chi connectivity index (χ1n) is 8.69. The van der Waals surface area contributed by atoms with Gasteiger partial charge in [0.1, 0.15) is 12.4 Å². The van der Waals surface area contributed by atoms with Crippen LogP contribution in [-0.4, -0.2) is 18.4 Å². The minimum atomic E-state index is -0.181. The predicted octanol–water partition coefficient (Wildman–Crippen LogP) is 4.81. The number of ketones is 1. The van der Waals surface area contributed by atoms with Gasteiger partial charge in [0.15, 0.2) is 0 Å². The molecule has 0 saturated heterocycles. The molecule has 132 valence electrons. The van der Waals surface area contributed by atoms with E-state index in [1.54, 1.807) is 19.9 Å². The van der Waals surface area contributed by atoms with Gasteiger partial charge in [-0.05, 0) is 55.7 Å². The van der Waals surface area contributed by atoms with Crippen LogP contribution in [0.4, 0.5) is 0 Å². The number of cyclic esters (lactones) is 1. The number of carbonyl (C=O) groups excluding carboxylic acids is 2. The molecular weight excluding hydrogens is 300 g/mol. The third-order valence-electron chi connectivity index (χ3n) is 5.02. The Bertz CT molecular complexity index is 566. The molecule has 2 aliphatic rings. The van der Waals surface area contributed by atoms with E-state index in [0.717, 1.165) is 24.8 Å². The van der Waals surface area contributed by atoms with Crippen LogP contribution in [0.15, 0.2) is 48.1 Å². The van der Waals surface area contributed by atoms with E-state index in [-0.39, 0.29) is 11.9 Å². The average Bonchev–Trinajstić information content (AvgIpc) is 3.10. The summed E-state index contributed by atoms with van der Waals surface area (Å²) in [6.07, 6.45) is 8.93. The van der Waals surface area contributed by atoms with Gasteiger partial charge in [0.2, 0.25) is 0 Å². The fraction of sp³-hybridized carbons (Fsp3) is 0.524. The molecule has 0 aromatic carbocycles. The summed E-state index contributed by atoms with van der Waals surface area (Å²) in [5, 5.41) is 0. The van der Waals surface area contributed by atoms with Crippen molar-refractivity contribution in [3.05, 3.63) is 48.1 Å². The highest BCUT2D eigenvalue weighted by Gasteiger charge is 2.36. The Labute approximate surface area is 146 Å². The monoisotopic (exact) mass is 330 g/mol. The maximum absolute atomic E-state index is 11.6. The molecule has 0 radical (unpaired) electrons. The molecule has 1 aliphatic heterocycles. The molecule has 2 rings (SSSR count). The summed E-state index contributed by atoms with van der Waals surface area (Å²) in [6.45, 7) is 16.0. The van der Waals surface area contributed by atoms with Crippen molar-refractivity contribution in [3.8, 4) is 0 Å². The molecular formula is C21H30O3. The summed E-state index contributed by atoms with van der Waals surface area (Å²) in [4.78, 5) is 21.9. The van der Waals surface area contributed by atoms with Crippen LogP contribution in [0.2, 0.25) is 0 Å². The summed E-state index contributed by atoms with van der Waals surface area (Å²) >= 11 is 0. The van der Waals surface area contributed by atoms with Crippen LogP contribution in [0, 0.1) is 17.8 Å². The number of carbonyl (C=O) groups is 2. The highest BCUT2D eigenvalue weighted by atomic mass is 16.5. The molecule has 0 bridgehead atoms. The second-order valence-electron chi connectivity index (χ2n) is 6.54. The van der Waals surface area contributed by atoms with Crippen LogP contribution < -0.4 is 0 Å². The van der Waals surface area contributed by atoms with E-state index in [4.69, 9.17) is 0 Å². The maximum atomic E-state index is 11.6. The van der Waals surface area contributed by atoms with E-state index in [2.05, 4.69) is 31.7 Å². The number of hydrogen-bond donors (Lipinski definition) is 0. The zero-order valence-electron chi connectivity index (χ0n) is 15.4. The standard InChI is InChI=1S/C16H24O.C5H6O2/c1-6-9-15-14(8-3)13(7-2)10-16(15)11(4)12(5)17;1-4-2-3-7-5(4)6/h7-8,11,15-16H,2-3,6,9-10H2,1,4-5H3;2H,3H2,1H3/t11-,15+,16?;/m0./s1. The number of allylic oxidation sites excluding steroid dienone is 4. The van der Waals surface area contributed by atoms with Gasteiger partial charge in [-0.2, -0.15) is 0 Å². The lowest BCUT2D eigenvalue weighted by Gasteiger charge is -2.25. The molecule has 0 N–H and O–H groups in total. The lowest BCUT2D eigenvalue weighted by atomic mass is 9.78. The smallest absolute Gasteiger partial charge is 0.333 e. The molecule has 24 heavy (non-hydrogen) atoms. The van der Waals surface area contributed by atoms with E-state index in [0.29, 0.717) is 24.2 Å². The largest absolute Gasteiger partial charge is 0.458 e. The van der Waals surface area contributed by atoms with Crippen molar-refractivity contribution in [2.75, 3.05) is 6.61 Å².